The van der Waals surface area contributed by atoms with E-state index in [2.05, 4.69) is 10.3 Å². The van der Waals surface area contributed by atoms with Crippen LogP contribution in [0.5, 0.6) is 11.5 Å². The smallest absolute Gasteiger partial charge is 0.302 e. The number of hydrogen-bond donors (Lipinski definition) is 1. The average Bonchev–Trinajstić information content (AvgIpc) is 2.75. The van der Waals surface area contributed by atoms with E-state index in [1.807, 2.05) is 6.07 Å². The van der Waals surface area contributed by atoms with Crippen LogP contribution in [0.4, 0.5) is 10.1 Å². The molecule has 2 aromatic carbocycles. The third kappa shape index (κ3) is 7.08. The fraction of sp³-hybridized carbons (Fsp3) is 0.125. The van der Waals surface area contributed by atoms with Crippen LogP contribution in [0.25, 0.3) is 6.08 Å². The summed E-state index contributed by atoms with van der Waals surface area (Å²) in [7, 11) is 0. The summed E-state index contributed by atoms with van der Waals surface area (Å²) < 4.78 is 24.7. The Hall–Kier alpha value is -4.00. The predicted octanol–water partition coefficient (Wildman–Crippen LogP) is 4.77. The zero-order valence-corrected chi connectivity index (χ0v) is 16.9. The molecule has 1 aromatic heterocycles. The maximum atomic E-state index is 14.3. The molecule has 3 rings (SSSR count). The van der Waals surface area contributed by atoms with E-state index in [9.17, 15) is 14.0 Å². The molecular formula is C24H21FN2O4. The molecule has 0 atom stereocenters. The number of benzene rings is 2. The number of aromatic nitrogens is 1. The SMILES string of the molecule is CC(=O)OCCc1cccc(NC(=O)/C=C/c2ccc(Oc3cccnc3)c(F)c2)c1. The Morgan fingerprint density at radius 1 is 1.13 bits per heavy atom. The summed E-state index contributed by atoms with van der Waals surface area (Å²) in [6.07, 6.45) is 6.47. The molecule has 0 spiro atoms. The highest BCUT2D eigenvalue weighted by Gasteiger charge is 2.06. The maximum Gasteiger partial charge on any atom is 0.302 e. The molecule has 31 heavy (non-hydrogen) atoms. The topological polar surface area (TPSA) is 77.5 Å². The van der Waals surface area contributed by atoms with Gasteiger partial charge in [-0.25, -0.2) is 4.39 Å². The fourth-order valence-corrected chi connectivity index (χ4v) is 2.71. The van der Waals surface area contributed by atoms with E-state index in [1.165, 1.54) is 37.4 Å². The molecule has 1 heterocycles. The number of pyridine rings is 1. The highest BCUT2D eigenvalue weighted by atomic mass is 19.1. The number of anilines is 1. The Morgan fingerprint density at radius 2 is 2.00 bits per heavy atom. The van der Waals surface area contributed by atoms with E-state index >= 15 is 0 Å². The van der Waals surface area contributed by atoms with Gasteiger partial charge in [-0.15, -0.1) is 0 Å². The monoisotopic (exact) mass is 420 g/mol. The van der Waals surface area contributed by atoms with Gasteiger partial charge in [0.1, 0.15) is 5.75 Å². The van der Waals surface area contributed by atoms with Crippen molar-refractivity contribution in [2.24, 2.45) is 0 Å². The van der Waals surface area contributed by atoms with Crippen molar-refractivity contribution in [3.8, 4) is 11.5 Å². The van der Waals surface area contributed by atoms with Gasteiger partial charge < -0.3 is 14.8 Å². The van der Waals surface area contributed by atoms with Crippen molar-refractivity contribution in [2.75, 3.05) is 11.9 Å². The van der Waals surface area contributed by atoms with Crippen LogP contribution in [-0.4, -0.2) is 23.5 Å². The minimum atomic E-state index is -0.549. The summed E-state index contributed by atoms with van der Waals surface area (Å²) in [5, 5.41) is 2.75. The third-order valence-electron chi connectivity index (χ3n) is 4.14. The summed E-state index contributed by atoms with van der Waals surface area (Å²) in [6.45, 7) is 1.63. The highest BCUT2D eigenvalue weighted by Crippen LogP contribution is 2.24. The number of hydrogen-bond acceptors (Lipinski definition) is 5. The van der Waals surface area contributed by atoms with Gasteiger partial charge in [-0.2, -0.15) is 0 Å². The summed E-state index contributed by atoms with van der Waals surface area (Å²) in [5.41, 5.74) is 2.05. The van der Waals surface area contributed by atoms with Crippen LogP contribution in [0, 0.1) is 5.82 Å². The largest absolute Gasteiger partial charge is 0.466 e. The molecule has 0 saturated carbocycles. The van der Waals surface area contributed by atoms with Gasteiger partial charge in [-0.1, -0.05) is 18.2 Å². The molecule has 0 radical (unpaired) electrons. The van der Waals surface area contributed by atoms with Gasteiger partial charge in [-0.05, 0) is 53.6 Å². The zero-order valence-electron chi connectivity index (χ0n) is 16.9. The molecule has 0 aliphatic carbocycles. The molecule has 1 amide bonds. The number of rotatable bonds is 8. The minimum absolute atomic E-state index is 0.0696. The molecule has 0 saturated heterocycles. The standard InChI is InChI=1S/C24H21FN2O4/c1-17(28)30-13-11-18-4-2-5-20(14-18)27-24(29)10-8-19-7-9-23(22(25)15-19)31-21-6-3-12-26-16-21/h2-10,12,14-16H,11,13H2,1H3,(H,27,29)/b10-8+. The molecule has 7 heteroatoms. The molecule has 0 fully saturated rings. The number of amides is 1. The molecular weight excluding hydrogens is 399 g/mol. The van der Waals surface area contributed by atoms with Crippen molar-refractivity contribution in [3.05, 3.63) is 90.0 Å². The first-order valence-corrected chi connectivity index (χ1v) is 9.58. The number of halogens is 1. The van der Waals surface area contributed by atoms with E-state index < -0.39 is 5.82 Å². The van der Waals surface area contributed by atoms with Crippen LogP contribution in [0.1, 0.15) is 18.1 Å². The van der Waals surface area contributed by atoms with Gasteiger partial charge in [0.15, 0.2) is 11.6 Å². The Labute approximate surface area is 179 Å². The molecule has 3 aromatic rings. The Morgan fingerprint density at radius 3 is 2.74 bits per heavy atom. The van der Waals surface area contributed by atoms with E-state index in [-0.39, 0.29) is 24.2 Å². The number of nitrogens with zero attached hydrogens (tertiary/aromatic N) is 1. The average molecular weight is 420 g/mol. The van der Waals surface area contributed by atoms with E-state index in [1.54, 1.807) is 42.6 Å². The van der Waals surface area contributed by atoms with Gasteiger partial charge >= 0.3 is 5.97 Å². The van der Waals surface area contributed by atoms with Gasteiger partial charge in [-0.3, -0.25) is 14.6 Å². The Kier molecular flexibility index (Phi) is 7.48. The fourth-order valence-electron chi connectivity index (χ4n) is 2.71. The first kappa shape index (κ1) is 21.7. The Balaban J connectivity index is 1.57. The van der Waals surface area contributed by atoms with Crippen molar-refractivity contribution >= 4 is 23.6 Å². The van der Waals surface area contributed by atoms with Crippen LogP contribution >= 0.6 is 0 Å². The van der Waals surface area contributed by atoms with Gasteiger partial charge in [0.2, 0.25) is 5.91 Å². The quantitative estimate of drug-likeness (QED) is 0.420. The number of carbonyl (C=O) groups excluding carboxylic acids is 2. The van der Waals surface area contributed by atoms with Crippen molar-refractivity contribution in [2.45, 2.75) is 13.3 Å². The van der Waals surface area contributed by atoms with E-state index in [0.717, 1.165) is 5.56 Å². The van der Waals surface area contributed by atoms with Crippen LogP contribution in [0.3, 0.4) is 0 Å². The van der Waals surface area contributed by atoms with Crippen molar-refractivity contribution in [1.82, 2.24) is 4.98 Å². The second kappa shape index (κ2) is 10.7. The number of esters is 1. The van der Waals surface area contributed by atoms with Gasteiger partial charge in [0.25, 0.3) is 0 Å². The second-order valence-corrected chi connectivity index (χ2v) is 6.59. The zero-order chi connectivity index (χ0) is 22.1. The predicted molar refractivity (Wildman–Crippen MR) is 115 cm³/mol. The van der Waals surface area contributed by atoms with Crippen molar-refractivity contribution in [1.29, 1.82) is 0 Å². The van der Waals surface area contributed by atoms with Crippen LogP contribution in [0.2, 0.25) is 0 Å². The lowest BCUT2D eigenvalue weighted by molar-refractivity contribution is -0.140. The Bertz CT molecular complexity index is 1080. The number of ether oxygens (including phenoxy) is 2. The number of nitrogens with one attached hydrogen (secondary N) is 1. The summed E-state index contributed by atoms with van der Waals surface area (Å²) in [4.78, 5) is 27.0. The molecule has 0 unspecified atom stereocenters. The normalized spacial score (nSPS) is 10.6. The van der Waals surface area contributed by atoms with Crippen molar-refractivity contribution < 1.29 is 23.5 Å². The summed E-state index contributed by atoms with van der Waals surface area (Å²) in [5.74, 6) is -0.734. The van der Waals surface area contributed by atoms with Crippen LogP contribution < -0.4 is 10.1 Å². The molecule has 1 N–H and O–H groups in total. The summed E-state index contributed by atoms with van der Waals surface area (Å²) >= 11 is 0. The molecule has 0 aliphatic rings. The minimum Gasteiger partial charge on any atom is -0.466 e. The van der Waals surface area contributed by atoms with Gasteiger partial charge in [0.05, 0.1) is 12.8 Å². The van der Waals surface area contributed by atoms with Crippen LogP contribution in [0.15, 0.2) is 73.1 Å². The lowest BCUT2D eigenvalue weighted by Gasteiger charge is -2.07. The van der Waals surface area contributed by atoms with E-state index in [0.29, 0.717) is 23.4 Å². The first-order valence-electron chi connectivity index (χ1n) is 9.58. The van der Waals surface area contributed by atoms with Gasteiger partial charge in [0, 0.05) is 31.3 Å². The lowest BCUT2D eigenvalue weighted by Crippen LogP contribution is -2.08. The first-order chi connectivity index (χ1) is 15.0. The molecule has 0 bridgehead atoms. The molecule has 6 nitrogen and oxygen atoms in total. The third-order valence-corrected chi connectivity index (χ3v) is 4.14. The molecule has 0 aliphatic heterocycles. The van der Waals surface area contributed by atoms with E-state index in [4.69, 9.17) is 9.47 Å². The summed E-state index contributed by atoms with van der Waals surface area (Å²) in [6, 6.07) is 15.0. The molecule has 158 valence electrons. The van der Waals surface area contributed by atoms with Crippen molar-refractivity contribution in [3.63, 3.8) is 0 Å². The van der Waals surface area contributed by atoms with Crippen LogP contribution in [-0.2, 0) is 20.7 Å². The highest BCUT2D eigenvalue weighted by molar-refractivity contribution is 6.01. The number of carbonyl (C=O) groups is 2. The second-order valence-electron chi connectivity index (χ2n) is 6.59. The maximum absolute atomic E-state index is 14.3. The lowest BCUT2D eigenvalue weighted by atomic mass is 10.1.